The van der Waals surface area contributed by atoms with Gasteiger partial charge < -0.3 is 10.0 Å². The number of nitrogens with zero attached hydrogens (tertiary/aromatic N) is 2. The molecule has 2 aliphatic rings. The Labute approximate surface area is 216 Å². The second-order valence-electron chi connectivity index (χ2n) is 10.7. The quantitative estimate of drug-likeness (QED) is 0.234. The molecule has 2 aromatic carbocycles. The Morgan fingerprint density at radius 2 is 1.64 bits per heavy atom. The number of hydrogen-bond donors (Lipinski definition) is 1. The first-order chi connectivity index (χ1) is 17.2. The third kappa shape index (κ3) is 4.69. The van der Waals surface area contributed by atoms with Gasteiger partial charge in [0.15, 0.2) is 5.71 Å². The molecule has 0 aromatic heterocycles. The van der Waals surface area contributed by atoms with Gasteiger partial charge in [0.05, 0.1) is 5.41 Å². The van der Waals surface area contributed by atoms with Gasteiger partial charge in [0.2, 0.25) is 5.69 Å². The largest absolute Gasteiger partial charge is 0.481 e. The molecule has 36 heavy (non-hydrogen) atoms. The fraction of sp³-hybridized carbons (Fsp3) is 0.375. The van der Waals surface area contributed by atoms with E-state index in [-0.39, 0.29) is 17.3 Å². The zero-order valence-electron chi connectivity index (χ0n) is 22.3. The summed E-state index contributed by atoms with van der Waals surface area (Å²) < 4.78 is 2.29. The Bertz CT molecular complexity index is 1260. The minimum atomic E-state index is -0.708. The molecule has 0 radical (unpaired) electrons. The van der Waals surface area contributed by atoms with Crippen molar-refractivity contribution in [1.29, 1.82) is 0 Å². The molecule has 0 aliphatic carbocycles. The first kappa shape index (κ1) is 25.7. The van der Waals surface area contributed by atoms with Crippen LogP contribution < -0.4 is 4.90 Å². The van der Waals surface area contributed by atoms with Crippen LogP contribution in [0.15, 0.2) is 84.6 Å². The topological polar surface area (TPSA) is 43.5 Å². The summed E-state index contributed by atoms with van der Waals surface area (Å²) in [6.45, 7) is 6.89. The Balaban J connectivity index is 1.52. The van der Waals surface area contributed by atoms with E-state index in [1.807, 2.05) is 0 Å². The molecule has 1 atom stereocenters. The Kier molecular flexibility index (Phi) is 7.35. The molecule has 0 saturated heterocycles. The minimum Gasteiger partial charge on any atom is -0.481 e. The van der Waals surface area contributed by atoms with Gasteiger partial charge >= 0.3 is 5.97 Å². The number of fused-ring (bicyclic) bond motifs is 2. The number of aliphatic carboxylic acids is 1. The lowest BCUT2D eigenvalue weighted by Crippen LogP contribution is -2.26. The molecule has 2 aromatic rings. The zero-order chi connectivity index (χ0) is 25.9. The van der Waals surface area contributed by atoms with E-state index in [0.29, 0.717) is 0 Å². The summed E-state index contributed by atoms with van der Waals surface area (Å²) in [5, 5.41) is 8.95. The molecule has 0 spiro atoms. The molecule has 0 amide bonds. The molecule has 1 N–H and O–H groups in total. The predicted octanol–water partition coefficient (Wildman–Crippen LogP) is 7.13. The number of hydrogen-bond acceptors (Lipinski definition) is 2. The Morgan fingerprint density at radius 3 is 2.36 bits per heavy atom. The van der Waals surface area contributed by atoms with Gasteiger partial charge in [-0.15, -0.1) is 0 Å². The predicted molar refractivity (Wildman–Crippen MR) is 150 cm³/mol. The van der Waals surface area contributed by atoms with E-state index in [1.54, 1.807) is 0 Å². The average molecular weight is 484 g/mol. The Morgan fingerprint density at radius 1 is 0.944 bits per heavy atom. The second kappa shape index (κ2) is 10.3. The van der Waals surface area contributed by atoms with E-state index in [2.05, 4.69) is 123 Å². The van der Waals surface area contributed by atoms with Crippen LogP contribution in [0.2, 0.25) is 0 Å². The average Bonchev–Trinajstić information content (AvgIpc) is 3.18. The standard InChI is InChI=1S/C32H38N2O2/c1-31(2)24-16-11-13-18-26(24)33(4)28(31)20-8-6-9-21-29-32(3,23-15-7-10-22-30(35)36)25-17-12-14-19-27(25)34(29)5/h6,8-9,11-14,16-21H,7,10,15,22-23H2,1-5H3/p+1. The van der Waals surface area contributed by atoms with Crippen LogP contribution in [-0.4, -0.2) is 35.5 Å². The summed E-state index contributed by atoms with van der Waals surface area (Å²) in [4.78, 5) is 13.2. The van der Waals surface area contributed by atoms with Gasteiger partial charge in [-0.05, 0) is 51.3 Å². The molecule has 188 valence electrons. The number of carboxylic acids is 1. The van der Waals surface area contributed by atoms with Crippen LogP contribution >= 0.6 is 0 Å². The molecular formula is C32H39N2O2+. The van der Waals surface area contributed by atoms with E-state index < -0.39 is 5.97 Å². The van der Waals surface area contributed by atoms with Crippen molar-refractivity contribution in [2.24, 2.45) is 0 Å². The minimum absolute atomic E-state index is 0.0271. The number of carbonyl (C=O) groups is 1. The van der Waals surface area contributed by atoms with Crippen LogP contribution in [0.3, 0.4) is 0 Å². The number of anilines is 1. The third-order valence-corrected chi connectivity index (χ3v) is 8.02. The fourth-order valence-electron chi connectivity index (χ4n) is 6.02. The second-order valence-corrected chi connectivity index (χ2v) is 10.7. The number of para-hydroxylation sites is 2. The summed E-state index contributed by atoms with van der Waals surface area (Å²) >= 11 is 0. The molecule has 1 unspecified atom stereocenters. The van der Waals surface area contributed by atoms with Crippen molar-refractivity contribution in [2.45, 2.75) is 63.7 Å². The number of unbranched alkanes of at least 4 members (excludes halogenated alkanes) is 2. The molecule has 2 aliphatic heterocycles. The smallest absolute Gasteiger partial charge is 0.303 e. The monoisotopic (exact) mass is 483 g/mol. The van der Waals surface area contributed by atoms with E-state index in [4.69, 9.17) is 5.11 Å². The van der Waals surface area contributed by atoms with Crippen molar-refractivity contribution in [3.05, 3.63) is 95.7 Å². The van der Waals surface area contributed by atoms with Crippen LogP contribution in [0.1, 0.15) is 64.0 Å². The van der Waals surface area contributed by atoms with Gasteiger partial charge in [-0.2, -0.15) is 4.58 Å². The van der Waals surface area contributed by atoms with Crippen LogP contribution in [0.5, 0.6) is 0 Å². The molecular weight excluding hydrogens is 444 g/mol. The van der Waals surface area contributed by atoms with Crippen molar-refractivity contribution < 1.29 is 14.5 Å². The summed E-state index contributed by atoms with van der Waals surface area (Å²) in [5.41, 5.74) is 7.70. The molecule has 0 bridgehead atoms. The lowest BCUT2D eigenvalue weighted by molar-refractivity contribution is -0.401. The number of benzene rings is 2. The molecule has 2 heterocycles. The van der Waals surface area contributed by atoms with Gasteiger partial charge in [-0.1, -0.05) is 67.5 Å². The van der Waals surface area contributed by atoms with E-state index >= 15 is 0 Å². The highest BCUT2D eigenvalue weighted by Gasteiger charge is 2.43. The maximum absolute atomic E-state index is 10.9. The molecule has 4 rings (SSSR count). The van der Waals surface area contributed by atoms with Gasteiger partial charge in [0.1, 0.15) is 7.05 Å². The van der Waals surface area contributed by atoms with Gasteiger partial charge in [0.25, 0.3) is 0 Å². The summed E-state index contributed by atoms with van der Waals surface area (Å²) in [6.07, 6.45) is 14.8. The maximum Gasteiger partial charge on any atom is 0.303 e. The molecule has 0 saturated carbocycles. The fourth-order valence-corrected chi connectivity index (χ4v) is 6.02. The molecule has 4 nitrogen and oxygen atoms in total. The lowest BCUT2D eigenvalue weighted by Gasteiger charge is -2.28. The van der Waals surface area contributed by atoms with Crippen molar-refractivity contribution >= 4 is 23.1 Å². The van der Waals surface area contributed by atoms with E-state index in [9.17, 15) is 4.79 Å². The number of rotatable bonds is 9. The highest BCUT2D eigenvalue weighted by atomic mass is 16.4. The van der Waals surface area contributed by atoms with Gasteiger partial charge in [-0.25, -0.2) is 0 Å². The molecule has 0 fully saturated rings. The van der Waals surface area contributed by atoms with Crippen molar-refractivity contribution in [3.8, 4) is 0 Å². The van der Waals surface area contributed by atoms with Crippen LogP contribution in [0, 0.1) is 0 Å². The normalized spacial score (nSPS) is 21.7. The van der Waals surface area contributed by atoms with E-state index in [1.165, 1.54) is 33.9 Å². The number of carboxylic acid groups (broad SMARTS) is 1. The first-order valence-electron chi connectivity index (χ1n) is 13.0. The number of allylic oxidation sites excluding steroid dienone is 6. The van der Waals surface area contributed by atoms with Crippen molar-refractivity contribution in [3.63, 3.8) is 0 Å². The summed E-state index contributed by atoms with van der Waals surface area (Å²) in [7, 11) is 4.29. The van der Waals surface area contributed by atoms with Crippen molar-refractivity contribution in [2.75, 3.05) is 19.0 Å². The van der Waals surface area contributed by atoms with Crippen LogP contribution in [0.25, 0.3) is 0 Å². The lowest BCUT2D eigenvalue weighted by atomic mass is 9.77. The SMILES string of the molecule is CN1/C(=C/C=C/C=C/C2=[N+](C)c3ccccc3C2(C)C)C(C)(CCCCCC(=O)O)c2ccccc21. The zero-order valence-corrected chi connectivity index (χ0v) is 22.3. The van der Waals surface area contributed by atoms with Crippen LogP contribution in [-0.2, 0) is 15.6 Å². The number of likely N-dealkylation sites (N-methyl/N-ethyl adjacent to an activating group) is 1. The third-order valence-electron chi connectivity index (χ3n) is 8.02. The highest BCUT2D eigenvalue weighted by molar-refractivity contribution is 6.03. The first-order valence-corrected chi connectivity index (χ1v) is 13.0. The Hall–Kier alpha value is -3.40. The van der Waals surface area contributed by atoms with Crippen molar-refractivity contribution in [1.82, 2.24) is 0 Å². The maximum atomic E-state index is 10.9. The van der Waals surface area contributed by atoms with Crippen LogP contribution in [0.4, 0.5) is 11.4 Å². The molecule has 4 heteroatoms. The van der Waals surface area contributed by atoms with Gasteiger partial charge in [-0.3, -0.25) is 4.79 Å². The van der Waals surface area contributed by atoms with E-state index in [0.717, 1.165) is 25.7 Å². The van der Waals surface area contributed by atoms with Gasteiger partial charge in [0, 0.05) is 48.0 Å². The highest BCUT2D eigenvalue weighted by Crippen LogP contribution is 2.49. The summed E-state index contributed by atoms with van der Waals surface area (Å²) in [5.74, 6) is -0.708. The summed E-state index contributed by atoms with van der Waals surface area (Å²) in [6, 6.07) is 17.3.